The molecule has 0 fully saturated rings. The molecule has 0 amide bonds. The summed E-state index contributed by atoms with van der Waals surface area (Å²) in [5.41, 5.74) is 17.4. The summed E-state index contributed by atoms with van der Waals surface area (Å²) in [6, 6.07) is 24.0. The second kappa shape index (κ2) is 21.1. The molecule has 0 saturated heterocycles. The molecule has 5 nitrogen and oxygen atoms in total. The highest BCUT2D eigenvalue weighted by Gasteiger charge is 2.30. The summed E-state index contributed by atoms with van der Waals surface area (Å²) in [7, 11) is 0. The van der Waals surface area contributed by atoms with Gasteiger partial charge in [-0.25, -0.2) is 0 Å². The fourth-order valence-electron chi connectivity index (χ4n) is 9.92. The molecule has 0 saturated carbocycles. The van der Waals surface area contributed by atoms with Crippen LogP contribution < -0.4 is 23.7 Å². The molecule has 0 heterocycles. The van der Waals surface area contributed by atoms with E-state index in [1.165, 1.54) is 83.5 Å². The van der Waals surface area contributed by atoms with Crippen LogP contribution in [0, 0.1) is 0 Å². The summed E-state index contributed by atoms with van der Waals surface area (Å²) in [6.07, 6.45) is 3.27. The van der Waals surface area contributed by atoms with Gasteiger partial charge in [0.1, 0.15) is 28.7 Å². The largest absolute Gasteiger partial charge is 0.493 e. The standard InChI is InChI=1S/C65H90O5/c1-21-66-56-41-26-43-33-52(62(9,10)11)35-45(57(43)67-22-2)28-47-37-54(64(15,16)17)39-49(59(47)69-24-4)30-50-40-55(65(18,19)20)38-48(60(50)70-25-5)29-46-36-53(63(12,13)14)34-44(58(46)68-23-3)27-42(56)32-51(31-41)61(6,7)8/h31-40H,21-30H2,1-20H3. The maximum atomic E-state index is 6.91. The van der Waals surface area contributed by atoms with Crippen LogP contribution in [0.4, 0.5) is 0 Å². The van der Waals surface area contributed by atoms with Crippen molar-refractivity contribution in [1.82, 2.24) is 0 Å². The molecule has 5 aromatic rings. The van der Waals surface area contributed by atoms with Gasteiger partial charge in [0, 0.05) is 32.1 Å². The zero-order chi connectivity index (χ0) is 51.7. The molecule has 70 heavy (non-hydrogen) atoms. The molecule has 1 aliphatic carbocycles. The zero-order valence-electron chi connectivity index (χ0n) is 47.4. The Morgan fingerprint density at radius 3 is 0.443 bits per heavy atom. The Morgan fingerprint density at radius 2 is 0.357 bits per heavy atom. The van der Waals surface area contributed by atoms with Gasteiger partial charge in [0.15, 0.2) is 0 Å². The summed E-state index contributed by atoms with van der Waals surface area (Å²) < 4.78 is 34.5. The highest BCUT2D eigenvalue weighted by molar-refractivity contribution is 5.61. The summed E-state index contributed by atoms with van der Waals surface area (Å²) in [6.45, 7) is 48.1. The van der Waals surface area contributed by atoms with Crippen LogP contribution >= 0.6 is 0 Å². The summed E-state index contributed by atoms with van der Waals surface area (Å²) in [5.74, 6) is 4.73. The predicted octanol–water partition coefficient (Wildman–Crippen LogP) is 16.4. The van der Waals surface area contributed by atoms with Gasteiger partial charge in [0.2, 0.25) is 0 Å². The molecule has 380 valence electrons. The molecule has 0 spiro atoms. The van der Waals surface area contributed by atoms with E-state index in [2.05, 4.69) is 199 Å². The van der Waals surface area contributed by atoms with Crippen LogP contribution in [0.1, 0.15) is 222 Å². The number of hydrogen-bond acceptors (Lipinski definition) is 5. The highest BCUT2D eigenvalue weighted by Crippen LogP contribution is 2.45. The lowest BCUT2D eigenvalue weighted by Crippen LogP contribution is -2.17. The van der Waals surface area contributed by atoms with Crippen LogP contribution in [0.15, 0.2) is 60.7 Å². The van der Waals surface area contributed by atoms with E-state index in [0.29, 0.717) is 65.1 Å². The molecular weight excluding hydrogens is 861 g/mol. The van der Waals surface area contributed by atoms with Crippen molar-refractivity contribution in [1.29, 1.82) is 0 Å². The molecule has 0 aromatic heterocycles. The lowest BCUT2D eigenvalue weighted by Gasteiger charge is -2.29. The average molecular weight is 951 g/mol. The first-order chi connectivity index (χ1) is 32.6. The van der Waals surface area contributed by atoms with Gasteiger partial charge in [-0.1, -0.05) is 165 Å². The fraction of sp³-hybridized carbons (Fsp3) is 0.538. The van der Waals surface area contributed by atoms with Crippen molar-refractivity contribution < 1.29 is 23.7 Å². The number of rotatable bonds is 10. The lowest BCUT2D eigenvalue weighted by molar-refractivity contribution is 0.325. The molecule has 0 N–H and O–H groups in total. The average Bonchev–Trinajstić information content (AvgIpc) is 3.23. The van der Waals surface area contributed by atoms with Crippen molar-refractivity contribution in [3.8, 4) is 28.7 Å². The fourth-order valence-corrected chi connectivity index (χ4v) is 9.92. The predicted molar refractivity (Wildman–Crippen MR) is 296 cm³/mol. The van der Waals surface area contributed by atoms with Gasteiger partial charge in [-0.15, -0.1) is 0 Å². The van der Waals surface area contributed by atoms with Gasteiger partial charge < -0.3 is 23.7 Å². The van der Waals surface area contributed by atoms with Gasteiger partial charge in [0.25, 0.3) is 0 Å². The monoisotopic (exact) mass is 951 g/mol. The first-order valence-electron chi connectivity index (χ1n) is 26.6. The van der Waals surface area contributed by atoms with Gasteiger partial charge in [0.05, 0.1) is 33.0 Å². The van der Waals surface area contributed by atoms with Gasteiger partial charge >= 0.3 is 0 Å². The van der Waals surface area contributed by atoms with E-state index in [1.54, 1.807) is 0 Å². The number of benzene rings is 5. The first kappa shape index (κ1) is 54.4. The normalized spacial score (nSPS) is 13.7. The first-order valence-corrected chi connectivity index (χ1v) is 26.6. The molecule has 1 aliphatic rings. The van der Waals surface area contributed by atoms with Crippen LogP contribution in [0.2, 0.25) is 0 Å². The SMILES string of the molecule is CCOc1c2cc(C(C)(C)C)cc1Cc1cc(C(C)(C)C)cc(c1OCC)Cc1cc(C(C)(C)C)cc(c1OCC)Cc1cc(C(C)(C)C)cc(c1OCC)Cc1cc(C(C)(C)C)cc(c1OCC)C2. The Bertz CT molecular complexity index is 2100. The van der Waals surface area contributed by atoms with Crippen LogP contribution in [0.5, 0.6) is 28.7 Å². The Labute approximate surface area is 425 Å². The van der Waals surface area contributed by atoms with E-state index in [4.69, 9.17) is 23.7 Å². The second-order valence-electron chi connectivity index (χ2n) is 24.9. The molecular formula is C65H90O5. The van der Waals surface area contributed by atoms with Crippen molar-refractivity contribution in [2.24, 2.45) is 0 Å². The molecule has 0 atom stereocenters. The second-order valence-corrected chi connectivity index (χ2v) is 24.9. The Hall–Kier alpha value is -4.90. The maximum absolute atomic E-state index is 6.91. The summed E-state index contributed by atoms with van der Waals surface area (Å²) >= 11 is 0. The highest BCUT2D eigenvalue weighted by atomic mass is 16.5. The Morgan fingerprint density at radius 1 is 0.243 bits per heavy atom. The number of hydrogen-bond donors (Lipinski definition) is 0. The minimum atomic E-state index is -0.124. The zero-order valence-corrected chi connectivity index (χ0v) is 47.4. The number of ether oxygens (including phenoxy) is 5. The lowest BCUT2D eigenvalue weighted by atomic mass is 9.79. The molecule has 5 heteroatoms. The molecule has 10 bridgehead atoms. The Balaban J connectivity index is 1.87. The topological polar surface area (TPSA) is 46.2 Å². The van der Waals surface area contributed by atoms with Crippen LogP contribution in [0.3, 0.4) is 0 Å². The maximum Gasteiger partial charge on any atom is 0.126 e. The van der Waals surface area contributed by atoms with Crippen molar-refractivity contribution in [3.63, 3.8) is 0 Å². The van der Waals surface area contributed by atoms with Crippen LogP contribution in [-0.2, 0) is 59.2 Å². The van der Waals surface area contributed by atoms with E-state index in [1.807, 2.05) is 0 Å². The summed E-state index contributed by atoms with van der Waals surface area (Å²) in [4.78, 5) is 0. The van der Waals surface area contributed by atoms with Crippen LogP contribution in [-0.4, -0.2) is 33.0 Å². The summed E-state index contributed by atoms with van der Waals surface area (Å²) in [5, 5.41) is 0. The third-order valence-corrected chi connectivity index (χ3v) is 13.9. The van der Waals surface area contributed by atoms with Gasteiger partial charge in [-0.3, -0.25) is 0 Å². The van der Waals surface area contributed by atoms with Crippen molar-refractivity contribution in [3.05, 3.63) is 144 Å². The van der Waals surface area contributed by atoms with Crippen molar-refractivity contribution >= 4 is 0 Å². The van der Waals surface area contributed by atoms with E-state index in [0.717, 1.165) is 28.7 Å². The minimum absolute atomic E-state index is 0.124. The van der Waals surface area contributed by atoms with E-state index < -0.39 is 0 Å². The Kier molecular flexibility index (Phi) is 16.4. The van der Waals surface area contributed by atoms with Gasteiger partial charge in [-0.05, 0) is 145 Å². The molecule has 0 aliphatic heterocycles. The van der Waals surface area contributed by atoms with Crippen LogP contribution in [0.25, 0.3) is 0 Å². The van der Waals surface area contributed by atoms with Crippen molar-refractivity contribution in [2.45, 2.75) is 198 Å². The minimum Gasteiger partial charge on any atom is -0.493 e. The third kappa shape index (κ3) is 12.4. The molecule has 6 rings (SSSR count). The smallest absolute Gasteiger partial charge is 0.126 e. The molecule has 0 unspecified atom stereocenters. The molecule has 5 aromatic carbocycles. The third-order valence-electron chi connectivity index (χ3n) is 13.9. The molecule has 0 radical (unpaired) electrons. The van der Waals surface area contributed by atoms with E-state index in [9.17, 15) is 0 Å². The quantitative estimate of drug-likeness (QED) is 0.137. The van der Waals surface area contributed by atoms with E-state index in [-0.39, 0.29) is 27.1 Å². The number of fused-ring (bicyclic) bond motifs is 10. The van der Waals surface area contributed by atoms with Gasteiger partial charge in [-0.2, -0.15) is 0 Å². The van der Waals surface area contributed by atoms with Crippen molar-refractivity contribution in [2.75, 3.05) is 33.0 Å². The van der Waals surface area contributed by atoms with E-state index >= 15 is 0 Å².